The molecule has 0 fully saturated rings. The van der Waals surface area contributed by atoms with Crippen LogP contribution in [0.3, 0.4) is 0 Å². The van der Waals surface area contributed by atoms with Crippen LogP contribution < -0.4 is 5.73 Å². The molecule has 0 aliphatic heterocycles. The van der Waals surface area contributed by atoms with Crippen LogP contribution in [0.5, 0.6) is 0 Å². The van der Waals surface area contributed by atoms with Gasteiger partial charge in [0.1, 0.15) is 0 Å². The lowest BCUT2D eigenvalue weighted by molar-refractivity contribution is 0.0741. The van der Waals surface area contributed by atoms with Crippen molar-refractivity contribution in [1.29, 1.82) is 0 Å². The Morgan fingerprint density at radius 3 is 2.50 bits per heavy atom. The number of carbonyl (C=O) groups excluding carboxylic acids is 1. The summed E-state index contributed by atoms with van der Waals surface area (Å²) < 4.78 is 5.99. The molecular weight excluding hydrogens is 350 g/mol. The molecule has 0 aliphatic rings. The van der Waals surface area contributed by atoms with Crippen LogP contribution in [0.4, 0.5) is 0 Å². The highest BCUT2D eigenvalue weighted by molar-refractivity contribution is 5.99. The molecule has 0 unspecified atom stereocenters. The summed E-state index contributed by atoms with van der Waals surface area (Å²) in [6.07, 6.45) is 1.70. The molecule has 5 nitrogen and oxygen atoms in total. The first-order valence-electron chi connectivity index (χ1n) is 9.38. The second-order valence-corrected chi connectivity index (χ2v) is 7.97. The van der Waals surface area contributed by atoms with Gasteiger partial charge in [-0.15, -0.1) is 0 Å². The first-order chi connectivity index (χ1) is 13.3. The molecule has 0 saturated carbocycles. The van der Waals surface area contributed by atoms with Crippen molar-refractivity contribution in [3.63, 3.8) is 0 Å². The minimum absolute atomic E-state index is 0.0767. The number of amides is 1. The van der Waals surface area contributed by atoms with E-state index in [1.54, 1.807) is 24.2 Å². The molecule has 5 heteroatoms. The summed E-state index contributed by atoms with van der Waals surface area (Å²) in [5, 5.41) is 0. The Labute approximate surface area is 166 Å². The van der Waals surface area contributed by atoms with Crippen LogP contribution in [0.2, 0.25) is 0 Å². The fourth-order valence-electron chi connectivity index (χ4n) is 3.09. The van der Waals surface area contributed by atoms with E-state index in [9.17, 15) is 4.79 Å². The quantitative estimate of drug-likeness (QED) is 0.692. The van der Waals surface area contributed by atoms with Crippen molar-refractivity contribution >= 4 is 5.91 Å². The number of hydrogen-bond acceptors (Lipinski definition) is 4. The van der Waals surface area contributed by atoms with Gasteiger partial charge in [-0.2, -0.15) is 0 Å². The molecule has 1 amide bonds. The third-order valence-corrected chi connectivity index (χ3v) is 4.79. The van der Waals surface area contributed by atoms with E-state index in [1.165, 1.54) is 5.56 Å². The molecule has 0 aliphatic carbocycles. The van der Waals surface area contributed by atoms with Crippen molar-refractivity contribution in [3.05, 3.63) is 65.9 Å². The molecule has 0 saturated heterocycles. The Kier molecular flexibility index (Phi) is 5.66. The van der Waals surface area contributed by atoms with Crippen molar-refractivity contribution in [2.24, 2.45) is 11.1 Å². The molecular formula is C23H27N3O2. The minimum Gasteiger partial charge on any atom is -0.436 e. The predicted octanol–water partition coefficient (Wildman–Crippen LogP) is 4.37. The Bertz CT molecular complexity index is 958. The highest BCUT2D eigenvalue weighted by atomic mass is 16.4. The van der Waals surface area contributed by atoms with Gasteiger partial charge >= 0.3 is 0 Å². The maximum absolute atomic E-state index is 13.1. The lowest BCUT2D eigenvalue weighted by Gasteiger charge is -2.29. The van der Waals surface area contributed by atoms with Gasteiger partial charge in [-0.3, -0.25) is 4.79 Å². The maximum atomic E-state index is 13.1. The van der Waals surface area contributed by atoms with E-state index in [0.29, 0.717) is 35.9 Å². The van der Waals surface area contributed by atoms with Gasteiger partial charge in [0.2, 0.25) is 5.89 Å². The van der Waals surface area contributed by atoms with Crippen LogP contribution >= 0.6 is 0 Å². The number of aryl methyl sites for hydroxylation is 1. The van der Waals surface area contributed by atoms with Gasteiger partial charge in [0.25, 0.3) is 5.91 Å². The molecule has 0 radical (unpaired) electrons. The summed E-state index contributed by atoms with van der Waals surface area (Å²) in [6.45, 7) is 7.21. The van der Waals surface area contributed by atoms with Crippen molar-refractivity contribution in [2.75, 3.05) is 20.1 Å². The van der Waals surface area contributed by atoms with E-state index in [2.05, 4.69) is 4.98 Å². The van der Waals surface area contributed by atoms with Crippen molar-refractivity contribution in [3.8, 4) is 22.8 Å². The molecule has 146 valence electrons. The molecule has 2 N–H and O–H groups in total. The monoisotopic (exact) mass is 377 g/mol. The highest BCUT2D eigenvalue weighted by Crippen LogP contribution is 2.29. The molecule has 0 spiro atoms. The highest BCUT2D eigenvalue weighted by Gasteiger charge is 2.24. The van der Waals surface area contributed by atoms with E-state index >= 15 is 0 Å². The second kappa shape index (κ2) is 7.98. The largest absolute Gasteiger partial charge is 0.436 e. The van der Waals surface area contributed by atoms with Crippen molar-refractivity contribution in [2.45, 2.75) is 20.8 Å². The molecule has 28 heavy (non-hydrogen) atoms. The zero-order chi connectivity index (χ0) is 20.3. The van der Waals surface area contributed by atoms with Crippen LogP contribution in [0.25, 0.3) is 22.8 Å². The van der Waals surface area contributed by atoms with E-state index in [4.69, 9.17) is 10.2 Å². The van der Waals surface area contributed by atoms with Gasteiger partial charge in [-0.25, -0.2) is 4.98 Å². The number of hydrogen-bond donors (Lipinski definition) is 1. The average Bonchev–Trinajstić information content (AvgIpc) is 3.17. The molecule has 1 heterocycles. The van der Waals surface area contributed by atoms with Crippen LogP contribution in [0.15, 0.2) is 59.1 Å². The fraction of sp³-hybridized carbons (Fsp3) is 0.304. The SMILES string of the molecule is Cc1ccc(-c2cnc(-c3ccccc3C(=O)N(C)CC(C)(C)CN)o2)cc1. The Balaban J connectivity index is 1.90. The lowest BCUT2D eigenvalue weighted by atomic mass is 9.93. The number of carbonyl (C=O) groups is 1. The summed E-state index contributed by atoms with van der Waals surface area (Å²) in [7, 11) is 1.80. The lowest BCUT2D eigenvalue weighted by Crippen LogP contribution is -2.39. The normalized spacial score (nSPS) is 11.5. The number of benzene rings is 2. The van der Waals surface area contributed by atoms with Gasteiger partial charge in [0.15, 0.2) is 5.76 Å². The number of oxazole rings is 1. The fourth-order valence-corrected chi connectivity index (χ4v) is 3.09. The molecule has 3 aromatic rings. The summed E-state index contributed by atoms with van der Waals surface area (Å²) in [6, 6.07) is 15.5. The van der Waals surface area contributed by atoms with Gasteiger partial charge in [-0.1, -0.05) is 55.8 Å². The van der Waals surface area contributed by atoms with Gasteiger partial charge in [0, 0.05) is 24.7 Å². The number of nitrogens with two attached hydrogens (primary N) is 1. The van der Waals surface area contributed by atoms with Gasteiger partial charge in [0.05, 0.1) is 11.8 Å². The van der Waals surface area contributed by atoms with E-state index < -0.39 is 0 Å². The average molecular weight is 377 g/mol. The van der Waals surface area contributed by atoms with Crippen LogP contribution in [-0.2, 0) is 0 Å². The van der Waals surface area contributed by atoms with Crippen LogP contribution in [0, 0.1) is 12.3 Å². The summed E-state index contributed by atoms with van der Waals surface area (Å²) in [5.41, 5.74) is 9.05. The van der Waals surface area contributed by atoms with Gasteiger partial charge < -0.3 is 15.1 Å². The van der Waals surface area contributed by atoms with E-state index in [0.717, 1.165) is 5.56 Å². The summed E-state index contributed by atoms with van der Waals surface area (Å²) in [5.74, 6) is 1.04. The molecule has 0 bridgehead atoms. The summed E-state index contributed by atoms with van der Waals surface area (Å²) in [4.78, 5) is 19.2. The third-order valence-electron chi connectivity index (χ3n) is 4.79. The second-order valence-electron chi connectivity index (χ2n) is 7.97. The molecule has 3 rings (SSSR count). The predicted molar refractivity (Wildman–Crippen MR) is 112 cm³/mol. The summed E-state index contributed by atoms with van der Waals surface area (Å²) >= 11 is 0. The first kappa shape index (κ1) is 19.8. The van der Waals surface area contributed by atoms with Gasteiger partial charge in [-0.05, 0) is 31.0 Å². The smallest absolute Gasteiger partial charge is 0.254 e. The zero-order valence-electron chi connectivity index (χ0n) is 16.9. The molecule has 0 atom stereocenters. The molecule has 1 aromatic heterocycles. The number of rotatable bonds is 6. The Morgan fingerprint density at radius 2 is 1.82 bits per heavy atom. The van der Waals surface area contributed by atoms with Crippen LogP contribution in [0.1, 0.15) is 29.8 Å². The number of nitrogens with zero attached hydrogens (tertiary/aromatic N) is 2. The first-order valence-corrected chi connectivity index (χ1v) is 9.38. The maximum Gasteiger partial charge on any atom is 0.254 e. The van der Waals surface area contributed by atoms with E-state index in [1.807, 2.05) is 63.2 Å². The third kappa shape index (κ3) is 4.31. The minimum atomic E-state index is -0.152. The standard InChI is InChI=1S/C23H27N3O2/c1-16-9-11-17(12-10-16)20-13-25-21(28-20)18-7-5-6-8-19(18)22(27)26(4)15-23(2,3)14-24/h5-13H,14-15,24H2,1-4H3. The Morgan fingerprint density at radius 1 is 1.14 bits per heavy atom. The topological polar surface area (TPSA) is 72.4 Å². The van der Waals surface area contributed by atoms with Crippen LogP contribution in [-0.4, -0.2) is 35.9 Å². The zero-order valence-corrected chi connectivity index (χ0v) is 16.9. The van der Waals surface area contributed by atoms with Crippen molar-refractivity contribution < 1.29 is 9.21 Å². The van der Waals surface area contributed by atoms with Crippen molar-refractivity contribution in [1.82, 2.24) is 9.88 Å². The van der Waals surface area contributed by atoms with E-state index in [-0.39, 0.29) is 11.3 Å². The molecule has 2 aromatic carbocycles. The Hall–Kier alpha value is -2.92. The number of aromatic nitrogens is 1.